The van der Waals surface area contributed by atoms with Crippen LogP contribution in [0.3, 0.4) is 0 Å². The van der Waals surface area contributed by atoms with E-state index in [2.05, 4.69) is 19.1 Å². The molecule has 0 fully saturated rings. The van der Waals surface area contributed by atoms with Crippen LogP contribution in [0.4, 0.5) is 0 Å². The zero-order valence-corrected chi connectivity index (χ0v) is 10.8. The molecular formula is C13H19NO4. The molecule has 0 saturated carbocycles. The molecule has 0 unspecified atom stereocenters. The van der Waals surface area contributed by atoms with Crippen molar-refractivity contribution in [2.45, 2.75) is 32.7 Å². The van der Waals surface area contributed by atoms with Gasteiger partial charge in [0, 0.05) is 5.54 Å². The number of carboxylic acid groups (broad SMARTS) is 2. The first-order chi connectivity index (χ1) is 8.14. The number of aliphatic carboxylic acids is 2. The van der Waals surface area contributed by atoms with Crippen molar-refractivity contribution in [3.8, 4) is 0 Å². The molecule has 0 aromatic heterocycles. The highest BCUT2D eigenvalue weighted by molar-refractivity contribution is 5.88. The van der Waals surface area contributed by atoms with E-state index in [9.17, 15) is 9.59 Å². The molecule has 18 heavy (non-hydrogen) atoms. The van der Waals surface area contributed by atoms with Gasteiger partial charge < -0.3 is 15.9 Å². The van der Waals surface area contributed by atoms with Gasteiger partial charge in [-0.2, -0.15) is 0 Å². The normalized spacial score (nSPS) is 10.2. The van der Waals surface area contributed by atoms with Crippen molar-refractivity contribution in [1.82, 2.24) is 0 Å². The number of benzene rings is 1. The number of hydrogen-bond acceptors (Lipinski definition) is 3. The largest absolute Gasteiger partial charge is 0.481 e. The van der Waals surface area contributed by atoms with E-state index in [1.165, 1.54) is 11.1 Å². The van der Waals surface area contributed by atoms with Gasteiger partial charge in [-0.25, -0.2) is 0 Å². The topological polar surface area (TPSA) is 101 Å². The van der Waals surface area contributed by atoms with Crippen molar-refractivity contribution in [1.29, 1.82) is 0 Å². The Hall–Kier alpha value is -1.88. The van der Waals surface area contributed by atoms with E-state index in [0.717, 1.165) is 0 Å². The smallest absolute Gasteiger partial charge is 0.314 e. The SMILES string of the molecule is Cc1ccccc1C(C)(C)N.O=C(O)CC(=O)O. The minimum Gasteiger partial charge on any atom is -0.481 e. The van der Waals surface area contributed by atoms with Crippen LogP contribution in [0.25, 0.3) is 0 Å². The Morgan fingerprint density at radius 2 is 1.61 bits per heavy atom. The van der Waals surface area contributed by atoms with Crippen LogP contribution in [-0.4, -0.2) is 22.2 Å². The second kappa shape index (κ2) is 6.76. The maximum atomic E-state index is 9.43. The molecule has 0 atom stereocenters. The van der Waals surface area contributed by atoms with E-state index in [1.807, 2.05) is 26.0 Å². The highest BCUT2D eigenvalue weighted by Crippen LogP contribution is 2.19. The van der Waals surface area contributed by atoms with Gasteiger partial charge in [-0.3, -0.25) is 9.59 Å². The Morgan fingerprint density at radius 1 is 1.17 bits per heavy atom. The van der Waals surface area contributed by atoms with Crippen molar-refractivity contribution in [3.63, 3.8) is 0 Å². The zero-order valence-electron chi connectivity index (χ0n) is 10.8. The summed E-state index contributed by atoms with van der Waals surface area (Å²) >= 11 is 0. The molecule has 0 spiro atoms. The Bertz CT molecular complexity index is 409. The Labute approximate surface area is 106 Å². The molecule has 0 aliphatic carbocycles. The van der Waals surface area contributed by atoms with Gasteiger partial charge in [0.1, 0.15) is 6.42 Å². The summed E-state index contributed by atoms with van der Waals surface area (Å²) in [7, 11) is 0. The summed E-state index contributed by atoms with van der Waals surface area (Å²) in [5.41, 5.74) is 8.23. The average Bonchev–Trinajstić information content (AvgIpc) is 2.14. The molecule has 0 amide bonds. The molecule has 0 saturated heterocycles. The van der Waals surface area contributed by atoms with Crippen molar-refractivity contribution >= 4 is 11.9 Å². The second-order valence-electron chi connectivity index (χ2n) is 4.50. The van der Waals surface area contributed by atoms with Crippen molar-refractivity contribution in [2.75, 3.05) is 0 Å². The predicted octanol–water partition coefficient (Wildman–Crippen LogP) is 1.73. The third-order valence-electron chi connectivity index (χ3n) is 2.14. The standard InChI is InChI=1S/C10H15N.C3H4O4/c1-8-6-4-5-7-9(8)10(2,3)11;4-2(5)1-3(6)7/h4-7H,11H2,1-3H3;1H2,(H,4,5)(H,6,7). The molecule has 1 aromatic carbocycles. The maximum Gasteiger partial charge on any atom is 0.314 e. The summed E-state index contributed by atoms with van der Waals surface area (Å²) in [6, 6.07) is 8.22. The fourth-order valence-electron chi connectivity index (χ4n) is 1.43. The van der Waals surface area contributed by atoms with Crippen LogP contribution < -0.4 is 5.73 Å². The van der Waals surface area contributed by atoms with E-state index in [-0.39, 0.29) is 5.54 Å². The number of carbonyl (C=O) groups is 2. The van der Waals surface area contributed by atoms with Gasteiger partial charge in [-0.15, -0.1) is 0 Å². The number of carboxylic acids is 2. The van der Waals surface area contributed by atoms with Gasteiger partial charge in [-0.1, -0.05) is 24.3 Å². The van der Waals surface area contributed by atoms with Crippen LogP contribution in [0.1, 0.15) is 31.4 Å². The van der Waals surface area contributed by atoms with Gasteiger partial charge in [0.2, 0.25) is 0 Å². The second-order valence-corrected chi connectivity index (χ2v) is 4.50. The summed E-state index contributed by atoms with van der Waals surface area (Å²) < 4.78 is 0. The fraction of sp³-hybridized carbons (Fsp3) is 0.385. The van der Waals surface area contributed by atoms with Crippen molar-refractivity contribution in [3.05, 3.63) is 35.4 Å². The van der Waals surface area contributed by atoms with Crippen LogP contribution in [-0.2, 0) is 15.1 Å². The minimum atomic E-state index is -1.31. The lowest BCUT2D eigenvalue weighted by atomic mass is 9.92. The quantitative estimate of drug-likeness (QED) is 0.712. The van der Waals surface area contributed by atoms with Gasteiger partial charge in [0.15, 0.2) is 0 Å². The summed E-state index contributed by atoms with van der Waals surface area (Å²) in [5.74, 6) is -2.62. The van der Waals surface area contributed by atoms with E-state index in [4.69, 9.17) is 15.9 Å². The van der Waals surface area contributed by atoms with Crippen LogP contribution in [0.5, 0.6) is 0 Å². The van der Waals surface area contributed by atoms with Gasteiger partial charge >= 0.3 is 11.9 Å². The number of aryl methyl sites for hydroxylation is 1. The lowest BCUT2D eigenvalue weighted by Crippen LogP contribution is -2.29. The molecular weight excluding hydrogens is 234 g/mol. The third kappa shape index (κ3) is 6.65. The van der Waals surface area contributed by atoms with Crippen LogP contribution in [0.15, 0.2) is 24.3 Å². The lowest BCUT2D eigenvalue weighted by Gasteiger charge is -2.21. The Morgan fingerprint density at radius 3 is 1.83 bits per heavy atom. The van der Waals surface area contributed by atoms with E-state index in [1.54, 1.807) is 0 Å². The first-order valence-corrected chi connectivity index (χ1v) is 5.43. The molecule has 0 aliphatic rings. The molecule has 5 nitrogen and oxygen atoms in total. The first kappa shape index (κ1) is 16.1. The maximum absolute atomic E-state index is 9.43. The average molecular weight is 253 g/mol. The van der Waals surface area contributed by atoms with Crippen molar-refractivity contribution in [2.24, 2.45) is 5.73 Å². The Kier molecular flexibility index (Phi) is 6.05. The van der Waals surface area contributed by atoms with Gasteiger partial charge in [-0.05, 0) is 31.9 Å². The molecule has 4 N–H and O–H groups in total. The van der Waals surface area contributed by atoms with E-state index >= 15 is 0 Å². The van der Waals surface area contributed by atoms with E-state index < -0.39 is 18.4 Å². The number of nitrogens with two attached hydrogens (primary N) is 1. The lowest BCUT2D eigenvalue weighted by molar-refractivity contribution is -0.147. The minimum absolute atomic E-state index is 0.217. The van der Waals surface area contributed by atoms with E-state index in [0.29, 0.717) is 0 Å². The summed E-state index contributed by atoms with van der Waals surface area (Å²) in [6.07, 6.45) is -0.806. The third-order valence-corrected chi connectivity index (χ3v) is 2.14. The summed E-state index contributed by atoms with van der Waals surface area (Å²) in [6.45, 7) is 6.13. The van der Waals surface area contributed by atoms with Crippen LogP contribution in [0.2, 0.25) is 0 Å². The number of hydrogen-bond donors (Lipinski definition) is 3. The summed E-state index contributed by atoms with van der Waals surface area (Å²) in [5, 5.41) is 15.4. The zero-order chi connectivity index (χ0) is 14.3. The Balaban J connectivity index is 0.000000360. The van der Waals surface area contributed by atoms with Gasteiger partial charge in [0.05, 0.1) is 0 Å². The molecule has 1 rings (SSSR count). The predicted molar refractivity (Wildman–Crippen MR) is 68.3 cm³/mol. The van der Waals surface area contributed by atoms with Crippen LogP contribution >= 0.6 is 0 Å². The number of rotatable bonds is 3. The first-order valence-electron chi connectivity index (χ1n) is 5.43. The van der Waals surface area contributed by atoms with Gasteiger partial charge in [0.25, 0.3) is 0 Å². The van der Waals surface area contributed by atoms with Crippen LogP contribution in [0, 0.1) is 6.92 Å². The monoisotopic (exact) mass is 253 g/mol. The highest BCUT2D eigenvalue weighted by Gasteiger charge is 2.14. The molecule has 0 bridgehead atoms. The fourth-order valence-corrected chi connectivity index (χ4v) is 1.43. The molecule has 0 aliphatic heterocycles. The summed E-state index contributed by atoms with van der Waals surface area (Å²) in [4.78, 5) is 18.9. The molecule has 1 aromatic rings. The molecule has 0 heterocycles. The van der Waals surface area contributed by atoms with Crippen molar-refractivity contribution < 1.29 is 19.8 Å². The highest BCUT2D eigenvalue weighted by atomic mass is 16.4. The molecule has 100 valence electrons. The molecule has 5 heteroatoms. The molecule has 0 radical (unpaired) electrons.